The summed E-state index contributed by atoms with van der Waals surface area (Å²) < 4.78 is 44.1. The molecule has 0 bridgehead atoms. The number of sulfonamides is 1. The van der Waals surface area contributed by atoms with E-state index in [1.165, 1.54) is 32.6 Å². The zero-order valence-corrected chi connectivity index (χ0v) is 21.7. The lowest BCUT2D eigenvalue weighted by atomic mass is 10.2. The molecule has 1 amide bonds. The van der Waals surface area contributed by atoms with Gasteiger partial charge in [0, 0.05) is 6.07 Å². The van der Waals surface area contributed by atoms with Gasteiger partial charge in [-0.05, 0) is 55.0 Å². The largest absolute Gasteiger partial charge is 0.497 e. The first-order chi connectivity index (χ1) is 17.8. The lowest BCUT2D eigenvalue weighted by Crippen LogP contribution is -2.39. The van der Waals surface area contributed by atoms with E-state index >= 15 is 0 Å². The quantitative estimate of drug-likeness (QED) is 0.219. The maximum absolute atomic E-state index is 13.5. The minimum Gasteiger partial charge on any atom is -0.497 e. The van der Waals surface area contributed by atoms with Crippen LogP contribution in [0.2, 0.25) is 0 Å². The van der Waals surface area contributed by atoms with Crippen molar-refractivity contribution < 1.29 is 27.4 Å². The number of benzene rings is 3. The molecular formula is C27H29N3O6S. The highest BCUT2D eigenvalue weighted by molar-refractivity contribution is 7.92. The van der Waals surface area contributed by atoms with Crippen molar-refractivity contribution in [3.63, 3.8) is 0 Å². The first-order valence-corrected chi connectivity index (χ1v) is 12.7. The van der Waals surface area contributed by atoms with Crippen LogP contribution in [0.5, 0.6) is 17.2 Å². The second-order valence-corrected chi connectivity index (χ2v) is 9.69. The number of rotatable bonds is 12. The van der Waals surface area contributed by atoms with Crippen molar-refractivity contribution in [3.05, 3.63) is 90.5 Å². The number of amides is 1. The number of carbonyl (C=O) groups excluding carboxylic acids is 1. The molecule has 0 aliphatic rings. The van der Waals surface area contributed by atoms with E-state index in [0.717, 1.165) is 9.87 Å². The number of aryl methyl sites for hydroxylation is 1. The number of anilines is 1. The highest BCUT2D eigenvalue weighted by Crippen LogP contribution is 2.28. The Morgan fingerprint density at radius 1 is 1.03 bits per heavy atom. The van der Waals surface area contributed by atoms with Crippen LogP contribution in [-0.2, 0) is 14.8 Å². The Morgan fingerprint density at radius 2 is 1.78 bits per heavy atom. The summed E-state index contributed by atoms with van der Waals surface area (Å²) in [6.07, 6.45) is 3.04. The molecule has 0 fully saturated rings. The molecule has 0 saturated heterocycles. The van der Waals surface area contributed by atoms with Crippen molar-refractivity contribution in [2.24, 2.45) is 5.10 Å². The van der Waals surface area contributed by atoms with Gasteiger partial charge < -0.3 is 14.2 Å². The molecule has 0 spiro atoms. The first kappa shape index (κ1) is 27.3. The summed E-state index contributed by atoms with van der Waals surface area (Å²) in [6, 6.07) is 18.0. The van der Waals surface area contributed by atoms with E-state index in [4.69, 9.17) is 14.2 Å². The zero-order chi connectivity index (χ0) is 26.8. The monoisotopic (exact) mass is 523 g/mol. The average molecular weight is 524 g/mol. The molecule has 0 unspecified atom stereocenters. The minimum absolute atomic E-state index is 0.0584. The molecule has 3 aromatic rings. The van der Waals surface area contributed by atoms with Crippen LogP contribution in [0, 0.1) is 6.92 Å². The maximum atomic E-state index is 13.5. The normalized spacial score (nSPS) is 11.1. The Kier molecular flexibility index (Phi) is 9.28. The van der Waals surface area contributed by atoms with Crippen molar-refractivity contribution in [3.8, 4) is 17.2 Å². The molecule has 1 N–H and O–H groups in total. The third kappa shape index (κ3) is 7.11. The Hall–Kier alpha value is -4.31. The first-order valence-electron chi connectivity index (χ1n) is 11.3. The van der Waals surface area contributed by atoms with E-state index in [1.807, 2.05) is 6.92 Å². The molecule has 10 heteroatoms. The summed E-state index contributed by atoms with van der Waals surface area (Å²) in [7, 11) is -1.07. The van der Waals surface area contributed by atoms with Gasteiger partial charge in [0.25, 0.3) is 15.9 Å². The second-order valence-electron chi connectivity index (χ2n) is 7.83. The lowest BCUT2D eigenvalue weighted by Gasteiger charge is -2.24. The van der Waals surface area contributed by atoms with Gasteiger partial charge in [0.2, 0.25) is 0 Å². The fraction of sp³-hybridized carbons (Fsp3) is 0.185. The van der Waals surface area contributed by atoms with E-state index in [2.05, 4.69) is 17.1 Å². The summed E-state index contributed by atoms with van der Waals surface area (Å²) in [5.41, 5.74) is 4.22. The molecule has 0 aliphatic carbocycles. The van der Waals surface area contributed by atoms with Crippen LogP contribution in [0.1, 0.15) is 11.1 Å². The molecule has 0 atom stereocenters. The molecule has 3 rings (SSSR count). The van der Waals surface area contributed by atoms with Crippen LogP contribution in [0.15, 0.2) is 89.4 Å². The van der Waals surface area contributed by atoms with Gasteiger partial charge in [0.1, 0.15) is 18.9 Å². The Balaban J connectivity index is 1.81. The van der Waals surface area contributed by atoms with E-state index in [1.54, 1.807) is 60.7 Å². The number of carbonyl (C=O) groups is 1. The van der Waals surface area contributed by atoms with Gasteiger partial charge in [-0.15, -0.1) is 0 Å². The van der Waals surface area contributed by atoms with Crippen LogP contribution in [0.3, 0.4) is 0 Å². The number of nitrogens with one attached hydrogen (secondary N) is 1. The van der Waals surface area contributed by atoms with Crippen molar-refractivity contribution in [2.75, 3.05) is 31.7 Å². The van der Waals surface area contributed by atoms with Gasteiger partial charge in [0.15, 0.2) is 11.5 Å². The Morgan fingerprint density at radius 3 is 2.46 bits per heavy atom. The van der Waals surface area contributed by atoms with Gasteiger partial charge in [-0.2, -0.15) is 5.10 Å². The van der Waals surface area contributed by atoms with Gasteiger partial charge in [-0.25, -0.2) is 13.8 Å². The number of hydrazone groups is 1. The predicted molar refractivity (Wildman–Crippen MR) is 143 cm³/mol. The molecule has 9 nitrogen and oxygen atoms in total. The van der Waals surface area contributed by atoms with E-state index < -0.39 is 22.5 Å². The van der Waals surface area contributed by atoms with Gasteiger partial charge in [-0.1, -0.05) is 36.4 Å². The van der Waals surface area contributed by atoms with Crippen LogP contribution in [0.25, 0.3) is 0 Å². The minimum atomic E-state index is -4.06. The Labute approximate surface area is 217 Å². The zero-order valence-electron chi connectivity index (χ0n) is 20.9. The topological polar surface area (TPSA) is 107 Å². The molecule has 3 aromatic carbocycles. The summed E-state index contributed by atoms with van der Waals surface area (Å²) in [5.74, 6) is 0.853. The van der Waals surface area contributed by atoms with Gasteiger partial charge in [0.05, 0.1) is 31.0 Å². The second kappa shape index (κ2) is 12.6. The van der Waals surface area contributed by atoms with Crippen molar-refractivity contribution in [1.82, 2.24) is 5.43 Å². The van der Waals surface area contributed by atoms with Gasteiger partial charge >= 0.3 is 0 Å². The highest BCUT2D eigenvalue weighted by atomic mass is 32.2. The van der Waals surface area contributed by atoms with Crippen molar-refractivity contribution in [2.45, 2.75) is 11.8 Å². The molecule has 0 radical (unpaired) electrons. The summed E-state index contributed by atoms with van der Waals surface area (Å²) in [4.78, 5) is 12.8. The number of nitrogens with zero attached hydrogens (tertiary/aromatic N) is 2. The van der Waals surface area contributed by atoms with Crippen molar-refractivity contribution in [1.29, 1.82) is 0 Å². The van der Waals surface area contributed by atoms with E-state index in [9.17, 15) is 13.2 Å². The number of ether oxygens (including phenoxy) is 3. The van der Waals surface area contributed by atoms with Gasteiger partial charge in [-0.3, -0.25) is 9.10 Å². The average Bonchev–Trinajstić information content (AvgIpc) is 2.91. The maximum Gasteiger partial charge on any atom is 0.264 e. The van der Waals surface area contributed by atoms with Crippen molar-refractivity contribution >= 4 is 27.8 Å². The molecule has 0 heterocycles. The molecule has 37 heavy (non-hydrogen) atoms. The lowest BCUT2D eigenvalue weighted by molar-refractivity contribution is -0.119. The van der Waals surface area contributed by atoms with Crippen LogP contribution in [0.4, 0.5) is 5.69 Å². The fourth-order valence-electron chi connectivity index (χ4n) is 3.30. The summed E-state index contributed by atoms with van der Waals surface area (Å²) >= 11 is 0. The molecular weight excluding hydrogens is 494 g/mol. The number of hydrogen-bond donors (Lipinski definition) is 1. The van der Waals surface area contributed by atoms with Crippen LogP contribution >= 0.6 is 0 Å². The highest BCUT2D eigenvalue weighted by Gasteiger charge is 2.27. The standard InChI is InChI=1S/C27H29N3O6S/c1-5-15-36-25-14-11-21(16-26(25)35-4)18-28-29-27(31)19-30(22-7-6-8-23(17-22)34-3)37(32,33)24-12-9-20(2)10-13-24/h5-14,16-18H,1,15,19H2,2-4H3,(H,29,31)/b28-18-. The summed E-state index contributed by atoms with van der Waals surface area (Å²) in [5, 5.41) is 3.97. The third-order valence-electron chi connectivity index (χ3n) is 5.18. The number of hydrogen-bond acceptors (Lipinski definition) is 7. The molecule has 0 saturated carbocycles. The predicted octanol–water partition coefficient (Wildman–Crippen LogP) is 3.92. The fourth-order valence-corrected chi connectivity index (χ4v) is 4.71. The smallest absolute Gasteiger partial charge is 0.264 e. The Bertz CT molecular complexity index is 1370. The molecule has 0 aromatic heterocycles. The van der Waals surface area contributed by atoms with Crippen LogP contribution in [-0.4, -0.2) is 47.9 Å². The third-order valence-corrected chi connectivity index (χ3v) is 6.97. The number of methoxy groups -OCH3 is 2. The van der Waals surface area contributed by atoms with Crippen LogP contribution < -0.4 is 23.9 Å². The SMILES string of the molecule is C=CCOc1ccc(/C=N\NC(=O)CN(c2cccc(OC)c2)S(=O)(=O)c2ccc(C)cc2)cc1OC. The summed E-state index contributed by atoms with van der Waals surface area (Å²) in [6.45, 7) is 5.30. The van der Waals surface area contributed by atoms with E-state index in [0.29, 0.717) is 29.4 Å². The molecule has 0 aliphatic heterocycles. The molecule has 194 valence electrons. The van der Waals surface area contributed by atoms with E-state index in [-0.39, 0.29) is 10.6 Å².